The Balaban J connectivity index is 1.44. The molecule has 2 aromatic rings. The first-order valence-electron chi connectivity index (χ1n) is 9.24. The van der Waals surface area contributed by atoms with Gasteiger partial charge in [-0.2, -0.15) is 0 Å². The Morgan fingerprint density at radius 1 is 1.12 bits per heavy atom. The van der Waals surface area contributed by atoms with Gasteiger partial charge in [-0.1, -0.05) is 13.0 Å². The van der Waals surface area contributed by atoms with Gasteiger partial charge in [0, 0.05) is 43.1 Å². The molecule has 0 bridgehead atoms. The number of carbonyl (C=O) groups excluding carboxylic acids is 1. The summed E-state index contributed by atoms with van der Waals surface area (Å²) in [6.45, 7) is 4.95. The van der Waals surface area contributed by atoms with Crippen LogP contribution >= 0.6 is 0 Å². The van der Waals surface area contributed by atoms with E-state index in [0.717, 1.165) is 24.7 Å². The summed E-state index contributed by atoms with van der Waals surface area (Å²) in [5.41, 5.74) is 2.69. The Morgan fingerprint density at radius 3 is 2.54 bits per heavy atom. The molecule has 0 aliphatic carbocycles. The molecule has 0 atom stereocenters. The van der Waals surface area contributed by atoms with E-state index in [4.69, 9.17) is 0 Å². The molecule has 4 nitrogen and oxygen atoms in total. The number of rotatable bonds is 6. The molecule has 2 aromatic carbocycles. The maximum Gasteiger partial charge on any atom is 0.226 e. The highest BCUT2D eigenvalue weighted by Crippen LogP contribution is 2.24. The minimum Gasteiger partial charge on any atom is -0.384 e. The van der Waals surface area contributed by atoms with Crippen molar-refractivity contribution in [3.05, 3.63) is 54.3 Å². The summed E-state index contributed by atoms with van der Waals surface area (Å²) in [6, 6.07) is 14.3. The maximum atomic E-state index is 13.1. The van der Waals surface area contributed by atoms with E-state index >= 15 is 0 Å². The zero-order chi connectivity index (χ0) is 18.4. The number of nitrogens with zero attached hydrogens (tertiary/aromatic N) is 1. The monoisotopic (exact) mass is 355 g/mol. The number of halogens is 1. The lowest BCUT2D eigenvalue weighted by Crippen LogP contribution is -2.32. The number of anilines is 3. The van der Waals surface area contributed by atoms with Crippen LogP contribution in [-0.4, -0.2) is 25.5 Å². The summed E-state index contributed by atoms with van der Waals surface area (Å²) in [6.07, 6.45) is 2.79. The van der Waals surface area contributed by atoms with E-state index in [-0.39, 0.29) is 11.7 Å². The van der Waals surface area contributed by atoms with Crippen LogP contribution in [0.1, 0.15) is 26.2 Å². The molecule has 138 valence electrons. The van der Waals surface area contributed by atoms with E-state index in [1.807, 2.05) is 12.1 Å². The Hall–Kier alpha value is -2.56. The third kappa shape index (κ3) is 5.22. The number of hydrogen-bond donors (Lipinski definition) is 2. The number of hydrogen-bond acceptors (Lipinski definition) is 3. The molecule has 0 radical (unpaired) electrons. The van der Waals surface area contributed by atoms with Crippen molar-refractivity contribution in [2.24, 2.45) is 5.92 Å². The van der Waals surface area contributed by atoms with Crippen LogP contribution in [0.25, 0.3) is 0 Å². The molecule has 3 rings (SSSR count). The molecular formula is C21H26FN3O. The molecule has 1 saturated heterocycles. The third-order valence-corrected chi connectivity index (χ3v) is 4.81. The van der Waals surface area contributed by atoms with Crippen LogP contribution < -0.4 is 15.5 Å². The van der Waals surface area contributed by atoms with Crippen molar-refractivity contribution in [2.45, 2.75) is 26.2 Å². The SMILES string of the molecule is CC1CCN(c2ccc(NC(=O)CCNc3cccc(F)c3)cc2)CC1. The van der Waals surface area contributed by atoms with Crippen LogP contribution in [0.5, 0.6) is 0 Å². The molecule has 26 heavy (non-hydrogen) atoms. The molecular weight excluding hydrogens is 329 g/mol. The van der Waals surface area contributed by atoms with Gasteiger partial charge in [0.15, 0.2) is 0 Å². The van der Waals surface area contributed by atoms with Crippen molar-refractivity contribution < 1.29 is 9.18 Å². The lowest BCUT2D eigenvalue weighted by Gasteiger charge is -2.32. The zero-order valence-electron chi connectivity index (χ0n) is 15.2. The summed E-state index contributed by atoms with van der Waals surface area (Å²) in [5.74, 6) is 0.460. The van der Waals surface area contributed by atoms with Crippen molar-refractivity contribution in [1.82, 2.24) is 0 Å². The smallest absolute Gasteiger partial charge is 0.226 e. The highest BCUT2D eigenvalue weighted by Gasteiger charge is 2.15. The van der Waals surface area contributed by atoms with Crippen LogP contribution in [0.2, 0.25) is 0 Å². The van der Waals surface area contributed by atoms with Crippen LogP contribution in [0.3, 0.4) is 0 Å². The van der Waals surface area contributed by atoms with E-state index in [2.05, 4.69) is 34.6 Å². The standard InChI is InChI=1S/C21H26FN3O/c1-16-10-13-25(14-11-16)20-7-5-18(6-8-20)24-21(26)9-12-23-19-4-2-3-17(22)15-19/h2-8,15-16,23H,9-14H2,1H3,(H,24,26). The summed E-state index contributed by atoms with van der Waals surface area (Å²) in [7, 11) is 0. The van der Waals surface area contributed by atoms with Gasteiger partial charge in [-0.15, -0.1) is 0 Å². The molecule has 0 aromatic heterocycles. The maximum absolute atomic E-state index is 13.1. The van der Waals surface area contributed by atoms with Gasteiger partial charge < -0.3 is 15.5 Å². The van der Waals surface area contributed by atoms with Gasteiger partial charge >= 0.3 is 0 Å². The molecule has 1 amide bonds. The minimum atomic E-state index is -0.289. The fourth-order valence-electron chi connectivity index (χ4n) is 3.16. The van der Waals surface area contributed by atoms with Crippen LogP contribution in [0.15, 0.2) is 48.5 Å². The number of benzene rings is 2. The van der Waals surface area contributed by atoms with Crippen molar-refractivity contribution in [2.75, 3.05) is 35.2 Å². The Kier molecular flexibility index (Phi) is 6.10. The zero-order valence-corrected chi connectivity index (χ0v) is 15.2. The minimum absolute atomic E-state index is 0.0616. The van der Waals surface area contributed by atoms with Crippen LogP contribution in [-0.2, 0) is 4.79 Å². The van der Waals surface area contributed by atoms with Gasteiger partial charge in [-0.05, 0) is 61.2 Å². The lowest BCUT2D eigenvalue weighted by molar-refractivity contribution is -0.115. The normalized spacial score (nSPS) is 14.9. The van der Waals surface area contributed by atoms with Crippen molar-refractivity contribution in [3.8, 4) is 0 Å². The van der Waals surface area contributed by atoms with Gasteiger partial charge in [-0.3, -0.25) is 4.79 Å². The topological polar surface area (TPSA) is 44.4 Å². The van der Waals surface area contributed by atoms with Crippen LogP contribution in [0.4, 0.5) is 21.5 Å². The molecule has 5 heteroatoms. The third-order valence-electron chi connectivity index (χ3n) is 4.81. The van der Waals surface area contributed by atoms with E-state index in [1.165, 1.54) is 30.7 Å². The van der Waals surface area contributed by atoms with E-state index < -0.39 is 0 Å². The van der Waals surface area contributed by atoms with Crippen LogP contribution in [0, 0.1) is 11.7 Å². The highest BCUT2D eigenvalue weighted by atomic mass is 19.1. The van der Waals surface area contributed by atoms with Gasteiger partial charge in [-0.25, -0.2) is 4.39 Å². The first-order chi connectivity index (χ1) is 12.6. The predicted octanol–water partition coefficient (Wildman–Crippen LogP) is 4.50. The summed E-state index contributed by atoms with van der Waals surface area (Å²) >= 11 is 0. The van der Waals surface area contributed by atoms with Crippen molar-refractivity contribution >= 4 is 23.0 Å². The summed E-state index contributed by atoms with van der Waals surface area (Å²) < 4.78 is 13.1. The van der Waals surface area contributed by atoms with Gasteiger partial charge in [0.05, 0.1) is 0 Å². The van der Waals surface area contributed by atoms with Gasteiger partial charge in [0.25, 0.3) is 0 Å². The fourth-order valence-corrected chi connectivity index (χ4v) is 3.16. The fraction of sp³-hybridized carbons (Fsp3) is 0.381. The van der Waals surface area contributed by atoms with E-state index in [0.29, 0.717) is 18.7 Å². The second kappa shape index (κ2) is 8.70. The first kappa shape index (κ1) is 18.2. The van der Waals surface area contributed by atoms with Gasteiger partial charge in [0.2, 0.25) is 5.91 Å². The Labute approximate surface area is 154 Å². The quantitative estimate of drug-likeness (QED) is 0.802. The van der Waals surface area contributed by atoms with Crippen molar-refractivity contribution in [3.63, 3.8) is 0 Å². The molecule has 1 aliphatic rings. The Morgan fingerprint density at radius 2 is 1.85 bits per heavy atom. The average molecular weight is 355 g/mol. The summed E-state index contributed by atoms with van der Waals surface area (Å²) in [5, 5.41) is 5.96. The first-order valence-corrected chi connectivity index (χ1v) is 9.24. The summed E-state index contributed by atoms with van der Waals surface area (Å²) in [4.78, 5) is 14.5. The number of piperidine rings is 1. The lowest BCUT2D eigenvalue weighted by atomic mass is 9.99. The van der Waals surface area contributed by atoms with E-state index in [9.17, 15) is 9.18 Å². The van der Waals surface area contributed by atoms with Crippen molar-refractivity contribution in [1.29, 1.82) is 0 Å². The predicted molar refractivity (Wildman–Crippen MR) is 105 cm³/mol. The van der Waals surface area contributed by atoms with E-state index in [1.54, 1.807) is 12.1 Å². The number of carbonyl (C=O) groups is 1. The molecule has 1 aliphatic heterocycles. The Bertz CT molecular complexity index is 724. The molecule has 1 fully saturated rings. The van der Waals surface area contributed by atoms with Gasteiger partial charge in [0.1, 0.15) is 5.82 Å². The molecule has 2 N–H and O–H groups in total. The highest BCUT2D eigenvalue weighted by molar-refractivity contribution is 5.91. The number of amides is 1. The second-order valence-corrected chi connectivity index (χ2v) is 6.95. The molecule has 0 unspecified atom stereocenters. The average Bonchev–Trinajstić information content (AvgIpc) is 2.63. The largest absolute Gasteiger partial charge is 0.384 e. The molecule has 1 heterocycles. The molecule has 0 saturated carbocycles. The second-order valence-electron chi connectivity index (χ2n) is 6.95. The molecule has 0 spiro atoms. The number of nitrogens with one attached hydrogen (secondary N) is 2.